The number of rotatable bonds is 5. The summed E-state index contributed by atoms with van der Waals surface area (Å²) >= 11 is 0. The van der Waals surface area contributed by atoms with E-state index in [2.05, 4.69) is 15.6 Å². The number of carbonyl (C=O) groups excluding carboxylic acids is 2. The molecule has 0 fully saturated rings. The fourth-order valence-corrected chi connectivity index (χ4v) is 1.23. The third-order valence-electron chi connectivity index (χ3n) is 2.43. The summed E-state index contributed by atoms with van der Waals surface area (Å²) in [6.07, 6.45) is 1.45. The summed E-state index contributed by atoms with van der Waals surface area (Å²) in [6, 6.07) is 3.34. The Morgan fingerprint density at radius 3 is 2.50 bits per heavy atom. The number of anilines is 1. The van der Waals surface area contributed by atoms with Crippen LogP contribution in [0.1, 0.15) is 31.1 Å². The summed E-state index contributed by atoms with van der Waals surface area (Å²) in [5, 5.41) is 5.57. The molecule has 0 bridgehead atoms. The second-order valence-electron chi connectivity index (χ2n) is 4.41. The zero-order chi connectivity index (χ0) is 13.8. The van der Waals surface area contributed by atoms with Crippen LogP contribution in [0.25, 0.3) is 0 Å². The third kappa shape index (κ3) is 3.44. The molecular formula is C12H18N4O2. The van der Waals surface area contributed by atoms with Crippen LogP contribution in [0.15, 0.2) is 18.3 Å². The van der Waals surface area contributed by atoms with Crippen molar-refractivity contribution < 1.29 is 9.59 Å². The zero-order valence-electron chi connectivity index (χ0n) is 10.8. The normalized spacial score (nSPS) is 10.8. The predicted molar refractivity (Wildman–Crippen MR) is 69.1 cm³/mol. The van der Waals surface area contributed by atoms with Crippen molar-refractivity contribution >= 4 is 17.6 Å². The lowest BCUT2D eigenvalue weighted by Crippen LogP contribution is -2.53. The molecule has 18 heavy (non-hydrogen) atoms. The smallest absolute Gasteiger partial charge is 0.253 e. The molecule has 0 saturated heterocycles. The van der Waals surface area contributed by atoms with E-state index in [1.165, 1.54) is 6.20 Å². The van der Waals surface area contributed by atoms with Gasteiger partial charge in [-0.2, -0.15) is 0 Å². The molecule has 0 aliphatic carbocycles. The molecule has 98 valence electrons. The second-order valence-corrected chi connectivity index (χ2v) is 4.41. The van der Waals surface area contributed by atoms with Gasteiger partial charge in [-0.1, -0.05) is 0 Å². The minimum atomic E-state index is -1.09. The summed E-state index contributed by atoms with van der Waals surface area (Å²) in [6.45, 7) is 5.81. The lowest BCUT2D eigenvalue weighted by Gasteiger charge is -2.22. The first-order chi connectivity index (χ1) is 8.36. The topological polar surface area (TPSA) is 97.1 Å². The van der Waals surface area contributed by atoms with E-state index in [0.29, 0.717) is 11.4 Å². The van der Waals surface area contributed by atoms with Gasteiger partial charge in [0.25, 0.3) is 5.91 Å². The number of nitrogens with one attached hydrogen (secondary N) is 2. The van der Waals surface area contributed by atoms with Crippen molar-refractivity contribution in [2.45, 2.75) is 26.3 Å². The van der Waals surface area contributed by atoms with Crippen LogP contribution >= 0.6 is 0 Å². The molecule has 6 nitrogen and oxygen atoms in total. The summed E-state index contributed by atoms with van der Waals surface area (Å²) < 4.78 is 0. The van der Waals surface area contributed by atoms with Gasteiger partial charge in [0.2, 0.25) is 5.91 Å². The van der Waals surface area contributed by atoms with Crippen LogP contribution in [0, 0.1) is 0 Å². The fourth-order valence-electron chi connectivity index (χ4n) is 1.23. The molecule has 0 spiro atoms. The van der Waals surface area contributed by atoms with Gasteiger partial charge in [0, 0.05) is 12.7 Å². The first kappa shape index (κ1) is 14.0. The Morgan fingerprint density at radius 2 is 2.06 bits per heavy atom. The van der Waals surface area contributed by atoms with Gasteiger partial charge in [0.05, 0.1) is 5.56 Å². The Kier molecular flexibility index (Phi) is 4.25. The van der Waals surface area contributed by atoms with Crippen molar-refractivity contribution in [2.24, 2.45) is 5.73 Å². The third-order valence-corrected chi connectivity index (χ3v) is 2.43. The number of aromatic nitrogens is 1. The zero-order valence-corrected chi connectivity index (χ0v) is 10.8. The van der Waals surface area contributed by atoms with Gasteiger partial charge in [-0.25, -0.2) is 4.98 Å². The first-order valence-electron chi connectivity index (χ1n) is 5.69. The number of primary amides is 1. The number of nitrogens with zero attached hydrogens (tertiary/aromatic N) is 1. The number of hydrogen-bond donors (Lipinski definition) is 3. The van der Waals surface area contributed by atoms with Gasteiger partial charge in [0.15, 0.2) is 0 Å². The average Bonchev–Trinajstić information content (AvgIpc) is 2.29. The van der Waals surface area contributed by atoms with E-state index >= 15 is 0 Å². The molecule has 0 aromatic carbocycles. The molecule has 1 rings (SSSR count). The largest absolute Gasteiger partial charge is 0.370 e. The van der Waals surface area contributed by atoms with Crippen LogP contribution in [-0.2, 0) is 4.79 Å². The molecule has 4 N–H and O–H groups in total. The SMILES string of the molecule is CCNc1ccc(C(=O)NC(C)(C)C(N)=O)cn1. The van der Waals surface area contributed by atoms with E-state index in [1.807, 2.05) is 6.92 Å². The number of hydrogen-bond acceptors (Lipinski definition) is 4. The van der Waals surface area contributed by atoms with Crippen LogP contribution in [0.2, 0.25) is 0 Å². The van der Waals surface area contributed by atoms with Crippen LogP contribution in [0.4, 0.5) is 5.82 Å². The molecular weight excluding hydrogens is 232 g/mol. The first-order valence-corrected chi connectivity index (χ1v) is 5.69. The lowest BCUT2D eigenvalue weighted by atomic mass is 10.0. The summed E-state index contributed by atoms with van der Waals surface area (Å²) in [7, 11) is 0. The van der Waals surface area contributed by atoms with Crippen molar-refractivity contribution in [3.05, 3.63) is 23.9 Å². The average molecular weight is 250 g/mol. The predicted octanol–water partition coefficient (Wildman–Crippen LogP) is 0.507. The number of nitrogens with two attached hydrogens (primary N) is 1. The quantitative estimate of drug-likeness (QED) is 0.709. The van der Waals surface area contributed by atoms with Gasteiger partial charge in [-0.3, -0.25) is 9.59 Å². The van der Waals surface area contributed by atoms with E-state index in [1.54, 1.807) is 26.0 Å². The molecule has 0 unspecified atom stereocenters. The highest BCUT2D eigenvalue weighted by molar-refractivity contribution is 5.98. The minimum absolute atomic E-state index is 0.380. The summed E-state index contributed by atoms with van der Waals surface area (Å²) in [5.74, 6) is -0.273. The molecule has 6 heteroatoms. The summed E-state index contributed by atoms with van der Waals surface area (Å²) in [4.78, 5) is 27.0. The Labute approximate surface area is 106 Å². The molecule has 1 heterocycles. The maximum atomic E-state index is 11.9. The Bertz CT molecular complexity index is 440. The Balaban J connectivity index is 2.76. The van der Waals surface area contributed by atoms with E-state index in [0.717, 1.165) is 6.54 Å². The highest BCUT2D eigenvalue weighted by Gasteiger charge is 2.27. The molecule has 0 aliphatic rings. The molecule has 1 aromatic heterocycles. The summed E-state index contributed by atoms with van der Waals surface area (Å²) in [5.41, 5.74) is 4.48. The molecule has 1 aromatic rings. The van der Waals surface area contributed by atoms with E-state index in [-0.39, 0.29) is 5.91 Å². The molecule has 0 radical (unpaired) electrons. The second kappa shape index (κ2) is 5.48. The molecule has 0 saturated carbocycles. The van der Waals surface area contributed by atoms with Gasteiger partial charge in [0.1, 0.15) is 11.4 Å². The van der Waals surface area contributed by atoms with E-state index in [4.69, 9.17) is 5.73 Å². The molecule has 0 aliphatic heterocycles. The highest BCUT2D eigenvalue weighted by atomic mass is 16.2. The van der Waals surface area contributed by atoms with Gasteiger partial charge in [-0.15, -0.1) is 0 Å². The van der Waals surface area contributed by atoms with Crippen molar-refractivity contribution in [1.29, 1.82) is 0 Å². The number of amides is 2. The van der Waals surface area contributed by atoms with Crippen molar-refractivity contribution in [2.75, 3.05) is 11.9 Å². The van der Waals surface area contributed by atoms with Crippen molar-refractivity contribution in [3.63, 3.8) is 0 Å². The highest BCUT2D eigenvalue weighted by Crippen LogP contribution is 2.07. The minimum Gasteiger partial charge on any atom is -0.370 e. The van der Waals surface area contributed by atoms with Gasteiger partial charge in [-0.05, 0) is 32.9 Å². The van der Waals surface area contributed by atoms with Crippen LogP contribution in [0.5, 0.6) is 0 Å². The fraction of sp³-hybridized carbons (Fsp3) is 0.417. The van der Waals surface area contributed by atoms with Crippen molar-refractivity contribution in [1.82, 2.24) is 10.3 Å². The molecule has 2 amide bonds. The Morgan fingerprint density at radius 1 is 1.39 bits per heavy atom. The maximum absolute atomic E-state index is 11.9. The Hall–Kier alpha value is -2.11. The standard InChI is InChI=1S/C12H18N4O2/c1-4-14-9-6-5-8(7-15-9)10(17)16-12(2,3)11(13)18/h5-7H,4H2,1-3H3,(H2,13,18)(H,14,15)(H,16,17). The lowest BCUT2D eigenvalue weighted by molar-refractivity contribution is -0.122. The van der Waals surface area contributed by atoms with Gasteiger partial charge < -0.3 is 16.4 Å². The van der Waals surface area contributed by atoms with E-state index < -0.39 is 11.4 Å². The number of carbonyl (C=O) groups is 2. The van der Waals surface area contributed by atoms with E-state index in [9.17, 15) is 9.59 Å². The monoisotopic (exact) mass is 250 g/mol. The number of pyridine rings is 1. The maximum Gasteiger partial charge on any atom is 0.253 e. The van der Waals surface area contributed by atoms with Crippen LogP contribution < -0.4 is 16.4 Å². The van der Waals surface area contributed by atoms with Gasteiger partial charge >= 0.3 is 0 Å². The molecule has 0 atom stereocenters. The van der Waals surface area contributed by atoms with Crippen molar-refractivity contribution in [3.8, 4) is 0 Å². The van der Waals surface area contributed by atoms with Crippen LogP contribution in [0.3, 0.4) is 0 Å². The van der Waals surface area contributed by atoms with Crippen LogP contribution in [-0.4, -0.2) is 28.9 Å².